The Morgan fingerprint density at radius 1 is 1.09 bits per heavy atom. The summed E-state index contributed by atoms with van der Waals surface area (Å²) in [7, 11) is -2.74. The van der Waals surface area contributed by atoms with Crippen molar-refractivity contribution in [3.63, 3.8) is 0 Å². The molecule has 3 aromatic rings. The number of non-ortho nitro benzene ring substituents is 1. The van der Waals surface area contributed by atoms with Gasteiger partial charge in [0.25, 0.3) is 5.69 Å². The van der Waals surface area contributed by atoms with Crippen LogP contribution in [-0.4, -0.2) is 39.1 Å². The Kier molecular flexibility index (Phi) is 6.86. The summed E-state index contributed by atoms with van der Waals surface area (Å²) in [6.45, 7) is 1.65. The van der Waals surface area contributed by atoms with E-state index in [9.17, 15) is 23.3 Å². The van der Waals surface area contributed by atoms with Crippen LogP contribution in [0.2, 0.25) is 0 Å². The first-order valence-corrected chi connectivity index (χ1v) is 12.4. The van der Waals surface area contributed by atoms with E-state index in [1.165, 1.54) is 31.4 Å². The predicted molar refractivity (Wildman–Crippen MR) is 129 cm³/mol. The maximum atomic E-state index is 13.3. The number of methoxy groups -OCH3 is 1. The van der Waals surface area contributed by atoms with Crippen molar-refractivity contribution < 1.29 is 27.6 Å². The van der Waals surface area contributed by atoms with E-state index in [1.54, 1.807) is 19.1 Å². The van der Waals surface area contributed by atoms with Gasteiger partial charge in [-0.3, -0.25) is 14.9 Å². The molecule has 0 aliphatic heterocycles. The lowest BCUT2D eigenvalue weighted by molar-refractivity contribution is -0.384. The molecule has 1 aliphatic rings. The summed E-state index contributed by atoms with van der Waals surface area (Å²) in [5, 5.41) is 11.2. The molecule has 35 heavy (non-hydrogen) atoms. The number of hydrogen-bond donors (Lipinski definition) is 1. The molecule has 1 atom stereocenters. The third-order valence-corrected chi connectivity index (χ3v) is 7.31. The summed E-state index contributed by atoms with van der Waals surface area (Å²) < 4.78 is 39.3. The highest BCUT2D eigenvalue weighted by molar-refractivity contribution is 7.89. The first kappa shape index (κ1) is 24.4. The largest absolute Gasteiger partial charge is 0.496 e. The third-order valence-electron chi connectivity index (χ3n) is 5.84. The van der Waals surface area contributed by atoms with Crippen molar-refractivity contribution in [1.82, 2.24) is 4.72 Å². The van der Waals surface area contributed by atoms with E-state index in [-0.39, 0.29) is 23.6 Å². The fourth-order valence-corrected chi connectivity index (χ4v) is 5.45. The lowest BCUT2D eigenvalue weighted by Gasteiger charge is -2.19. The van der Waals surface area contributed by atoms with Gasteiger partial charge in [0.2, 0.25) is 10.0 Å². The van der Waals surface area contributed by atoms with Crippen LogP contribution in [0.1, 0.15) is 23.6 Å². The van der Waals surface area contributed by atoms with Crippen molar-refractivity contribution in [2.45, 2.75) is 30.7 Å². The van der Waals surface area contributed by atoms with Crippen LogP contribution in [0.5, 0.6) is 5.75 Å². The maximum Gasteiger partial charge on any atom is 0.324 e. The van der Waals surface area contributed by atoms with Crippen molar-refractivity contribution in [3.05, 3.63) is 87.5 Å². The van der Waals surface area contributed by atoms with Crippen molar-refractivity contribution in [3.8, 4) is 16.9 Å². The Morgan fingerprint density at radius 3 is 2.54 bits per heavy atom. The van der Waals surface area contributed by atoms with Gasteiger partial charge in [-0.15, -0.1) is 0 Å². The van der Waals surface area contributed by atoms with Gasteiger partial charge in [-0.2, -0.15) is 4.72 Å². The zero-order valence-corrected chi connectivity index (χ0v) is 20.0. The minimum atomic E-state index is -4.12. The van der Waals surface area contributed by atoms with Crippen molar-refractivity contribution >= 4 is 21.7 Å². The van der Waals surface area contributed by atoms with Gasteiger partial charge in [0, 0.05) is 24.1 Å². The quantitative estimate of drug-likeness (QED) is 0.213. The number of rotatable bonds is 9. The van der Waals surface area contributed by atoms with Gasteiger partial charge in [-0.25, -0.2) is 8.42 Å². The SMILES string of the molecule is CCOC(=O)C(Cc1cc([N+](=O)[O-])ccc1OC)NS(=O)(=O)c1ccc2c(c1)Cc1ccccc1-2. The number of carbonyl (C=O) groups excluding carboxylic acids is 1. The van der Waals surface area contributed by atoms with Crippen LogP contribution < -0.4 is 9.46 Å². The highest BCUT2D eigenvalue weighted by Crippen LogP contribution is 2.37. The second kappa shape index (κ2) is 9.85. The topological polar surface area (TPSA) is 125 Å². The zero-order valence-electron chi connectivity index (χ0n) is 19.2. The second-order valence-corrected chi connectivity index (χ2v) is 9.75. The molecule has 182 valence electrons. The zero-order chi connectivity index (χ0) is 25.2. The van der Waals surface area contributed by atoms with E-state index in [0.29, 0.717) is 17.7 Å². The normalized spacial score (nSPS) is 13.0. The maximum absolute atomic E-state index is 13.3. The standard InChI is InChI=1S/C25H24N2O7S/c1-3-34-25(28)23(15-18-13-19(27(29)30)8-11-24(18)33-2)26-35(31,32)20-9-10-22-17(14-20)12-16-6-4-5-7-21(16)22/h4-11,13-14,23,26H,3,12,15H2,1-2H3. The van der Waals surface area contributed by atoms with Crippen molar-refractivity contribution in [2.75, 3.05) is 13.7 Å². The summed E-state index contributed by atoms with van der Waals surface area (Å²) in [5.41, 5.74) is 4.13. The van der Waals surface area contributed by atoms with Gasteiger partial charge in [0.15, 0.2) is 0 Å². The van der Waals surface area contributed by atoms with E-state index in [0.717, 1.165) is 22.3 Å². The minimum Gasteiger partial charge on any atom is -0.496 e. The molecule has 0 aromatic heterocycles. The summed E-state index contributed by atoms with van der Waals surface area (Å²) in [6, 6.07) is 15.4. The fourth-order valence-electron chi connectivity index (χ4n) is 4.22. The van der Waals surface area contributed by atoms with E-state index in [4.69, 9.17) is 9.47 Å². The molecular weight excluding hydrogens is 472 g/mol. The molecule has 0 spiro atoms. The molecule has 1 N–H and O–H groups in total. The van der Waals surface area contributed by atoms with Gasteiger partial charge in [-0.05, 0) is 53.8 Å². The lowest BCUT2D eigenvalue weighted by atomic mass is 10.0. The number of nitro benzene ring substituents is 1. The molecule has 0 bridgehead atoms. The molecule has 4 rings (SSSR count). The van der Waals surface area contributed by atoms with Crippen LogP contribution in [-0.2, 0) is 32.4 Å². The molecule has 9 nitrogen and oxygen atoms in total. The summed E-state index contributed by atoms with van der Waals surface area (Å²) in [4.78, 5) is 23.4. The van der Waals surface area contributed by atoms with Gasteiger partial charge in [0.1, 0.15) is 11.8 Å². The molecule has 1 unspecified atom stereocenters. The Labute approximate surface area is 202 Å². The van der Waals surface area contributed by atoms with Crippen LogP contribution in [0.3, 0.4) is 0 Å². The molecule has 0 amide bonds. The van der Waals surface area contributed by atoms with E-state index in [1.807, 2.05) is 24.3 Å². The van der Waals surface area contributed by atoms with Crippen LogP contribution in [0.4, 0.5) is 5.69 Å². The molecule has 0 fully saturated rings. The predicted octanol–water partition coefficient (Wildman–Crippen LogP) is 3.63. The number of nitro groups is 1. The first-order valence-electron chi connectivity index (χ1n) is 10.9. The third kappa shape index (κ3) is 5.03. The number of sulfonamides is 1. The number of esters is 1. The Morgan fingerprint density at radius 2 is 1.83 bits per heavy atom. The Hall–Kier alpha value is -3.76. The van der Waals surface area contributed by atoms with Gasteiger partial charge in [0.05, 0.1) is 23.5 Å². The van der Waals surface area contributed by atoms with Crippen molar-refractivity contribution in [1.29, 1.82) is 0 Å². The number of nitrogens with zero attached hydrogens (tertiary/aromatic N) is 1. The summed E-state index contributed by atoms with van der Waals surface area (Å²) in [5.74, 6) is -0.502. The summed E-state index contributed by atoms with van der Waals surface area (Å²) in [6.07, 6.45) is 0.417. The molecule has 0 heterocycles. The van der Waals surface area contributed by atoms with Gasteiger partial charge in [-0.1, -0.05) is 30.3 Å². The van der Waals surface area contributed by atoms with Crippen molar-refractivity contribution in [2.24, 2.45) is 0 Å². The first-order chi connectivity index (χ1) is 16.7. The highest BCUT2D eigenvalue weighted by atomic mass is 32.2. The second-order valence-electron chi connectivity index (χ2n) is 8.04. The van der Waals surface area contributed by atoms with Crippen LogP contribution >= 0.6 is 0 Å². The average Bonchev–Trinajstić information content (AvgIpc) is 3.21. The van der Waals surface area contributed by atoms with E-state index in [2.05, 4.69) is 4.72 Å². The van der Waals surface area contributed by atoms with E-state index < -0.39 is 27.0 Å². The molecule has 0 radical (unpaired) electrons. The molecule has 0 saturated heterocycles. The smallest absolute Gasteiger partial charge is 0.324 e. The molecule has 0 saturated carbocycles. The number of benzene rings is 3. The van der Waals surface area contributed by atoms with E-state index >= 15 is 0 Å². The number of fused-ring (bicyclic) bond motifs is 3. The monoisotopic (exact) mass is 496 g/mol. The average molecular weight is 497 g/mol. The number of hydrogen-bond acceptors (Lipinski definition) is 7. The number of nitrogens with one attached hydrogen (secondary N) is 1. The summed E-state index contributed by atoms with van der Waals surface area (Å²) >= 11 is 0. The Bertz CT molecular complexity index is 1400. The molecular formula is C25H24N2O7S. The minimum absolute atomic E-state index is 0.0179. The van der Waals surface area contributed by atoms with Crippen LogP contribution in [0.15, 0.2) is 65.6 Å². The number of carbonyl (C=O) groups is 1. The van der Waals surface area contributed by atoms with Gasteiger partial charge < -0.3 is 9.47 Å². The van der Waals surface area contributed by atoms with Crippen LogP contribution in [0, 0.1) is 10.1 Å². The fraction of sp³-hybridized carbons (Fsp3) is 0.240. The Balaban J connectivity index is 1.64. The highest BCUT2D eigenvalue weighted by Gasteiger charge is 2.30. The number of ether oxygens (including phenoxy) is 2. The molecule has 1 aliphatic carbocycles. The van der Waals surface area contributed by atoms with Gasteiger partial charge >= 0.3 is 5.97 Å². The molecule has 3 aromatic carbocycles. The van der Waals surface area contributed by atoms with Crippen LogP contribution in [0.25, 0.3) is 11.1 Å². The lowest BCUT2D eigenvalue weighted by Crippen LogP contribution is -2.43. The molecule has 10 heteroatoms.